The summed E-state index contributed by atoms with van der Waals surface area (Å²) in [6.45, 7) is 2.95. The lowest BCUT2D eigenvalue weighted by molar-refractivity contribution is -0.137. The van der Waals surface area contributed by atoms with Crippen LogP contribution >= 0.6 is 11.6 Å². The van der Waals surface area contributed by atoms with E-state index in [1.807, 2.05) is 17.0 Å². The SMILES string of the molecule is O=C1CCCN1Cc1ccc(C(=O)N2CCN(c3ncc(C(F)(F)F)cc3Cl)CC2)cc1. The number of halogens is 4. The molecule has 2 aliphatic heterocycles. The van der Waals surface area contributed by atoms with E-state index in [0.29, 0.717) is 44.7 Å². The molecule has 32 heavy (non-hydrogen) atoms. The fourth-order valence-corrected chi connectivity index (χ4v) is 4.25. The van der Waals surface area contributed by atoms with Gasteiger partial charge in [-0.2, -0.15) is 13.2 Å². The Labute approximate surface area is 188 Å². The first-order valence-corrected chi connectivity index (χ1v) is 10.7. The third-order valence-electron chi connectivity index (χ3n) is 5.76. The minimum atomic E-state index is -4.50. The molecule has 0 radical (unpaired) electrons. The van der Waals surface area contributed by atoms with E-state index in [2.05, 4.69) is 4.98 Å². The summed E-state index contributed by atoms with van der Waals surface area (Å²) in [6, 6.07) is 8.12. The fraction of sp³-hybridized carbons (Fsp3) is 0.409. The number of anilines is 1. The van der Waals surface area contributed by atoms with Crippen LogP contribution < -0.4 is 4.90 Å². The smallest absolute Gasteiger partial charge is 0.352 e. The van der Waals surface area contributed by atoms with Crippen molar-refractivity contribution in [2.45, 2.75) is 25.6 Å². The van der Waals surface area contributed by atoms with Gasteiger partial charge in [0.05, 0.1) is 10.6 Å². The lowest BCUT2D eigenvalue weighted by atomic mass is 10.1. The Morgan fingerprint density at radius 2 is 1.75 bits per heavy atom. The molecule has 10 heteroatoms. The average molecular weight is 467 g/mol. The molecule has 0 unspecified atom stereocenters. The van der Waals surface area contributed by atoms with Gasteiger partial charge in [0.2, 0.25) is 5.91 Å². The lowest BCUT2D eigenvalue weighted by Gasteiger charge is -2.36. The largest absolute Gasteiger partial charge is 0.417 e. The quantitative estimate of drug-likeness (QED) is 0.687. The Hall–Kier alpha value is -2.81. The molecular weight excluding hydrogens is 445 g/mol. The van der Waals surface area contributed by atoms with Crippen LogP contribution in [0.5, 0.6) is 0 Å². The van der Waals surface area contributed by atoms with Gasteiger partial charge in [0, 0.05) is 57.4 Å². The Bertz CT molecular complexity index is 1010. The van der Waals surface area contributed by atoms with E-state index < -0.39 is 11.7 Å². The Morgan fingerprint density at radius 1 is 1.06 bits per heavy atom. The lowest BCUT2D eigenvalue weighted by Crippen LogP contribution is -2.49. The number of rotatable bonds is 4. The van der Waals surface area contributed by atoms with Crippen LogP contribution in [0.3, 0.4) is 0 Å². The zero-order chi connectivity index (χ0) is 22.9. The molecule has 0 atom stereocenters. The molecule has 6 nitrogen and oxygen atoms in total. The Morgan fingerprint density at radius 3 is 2.31 bits per heavy atom. The third kappa shape index (κ3) is 4.82. The van der Waals surface area contributed by atoms with Crippen LogP contribution in [0.15, 0.2) is 36.5 Å². The summed E-state index contributed by atoms with van der Waals surface area (Å²) in [7, 11) is 0. The van der Waals surface area contributed by atoms with Crippen molar-refractivity contribution in [1.29, 1.82) is 0 Å². The van der Waals surface area contributed by atoms with E-state index >= 15 is 0 Å². The average Bonchev–Trinajstić information content (AvgIpc) is 3.17. The molecule has 2 fully saturated rings. The number of benzene rings is 1. The van der Waals surface area contributed by atoms with Gasteiger partial charge in [-0.05, 0) is 30.2 Å². The van der Waals surface area contributed by atoms with E-state index in [4.69, 9.17) is 11.6 Å². The molecule has 0 saturated carbocycles. The highest BCUT2D eigenvalue weighted by Crippen LogP contribution is 2.33. The second kappa shape index (κ2) is 8.97. The molecule has 2 aliphatic rings. The topological polar surface area (TPSA) is 56.8 Å². The standard InChI is InChI=1S/C22H22ClF3N4O2/c23-18-12-17(22(24,25)26)13-27-20(18)28-8-10-29(11-9-28)21(32)16-5-3-15(4-6-16)14-30-7-1-2-19(30)31/h3-6,12-13H,1-2,7-11,14H2. The highest BCUT2D eigenvalue weighted by Gasteiger charge is 2.32. The molecule has 0 spiro atoms. The molecule has 2 aromatic rings. The second-order valence-corrected chi connectivity index (χ2v) is 8.33. The maximum absolute atomic E-state index is 12.8. The fourth-order valence-electron chi connectivity index (χ4n) is 3.97. The Kier molecular flexibility index (Phi) is 6.28. The van der Waals surface area contributed by atoms with Gasteiger partial charge in [-0.3, -0.25) is 9.59 Å². The minimum absolute atomic E-state index is 0.0633. The van der Waals surface area contributed by atoms with Crippen LogP contribution in [0.2, 0.25) is 5.02 Å². The summed E-state index contributed by atoms with van der Waals surface area (Å²) < 4.78 is 38.4. The Balaban J connectivity index is 1.35. The summed E-state index contributed by atoms with van der Waals surface area (Å²) >= 11 is 6.04. The number of alkyl halides is 3. The predicted molar refractivity (Wildman–Crippen MR) is 113 cm³/mol. The van der Waals surface area contributed by atoms with E-state index in [0.717, 1.165) is 30.8 Å². The summed E-state index contributed by atoms with van der Waals surface area (Å²) in [5, 5.41) is -0.0633. The van der Waals surface area contributed by atoms with Crippen LogP contribution in [0, 0.1) is 0 Å². The highest BCUT2D eigenvalue weighted by molar-refractivity contribution is 6.33. The summed E-state index contributed by atoms with van der Waals surface area (Å²) in [6.07, 6.45) is -2.25. The van der Waals surface area contributed by atoms with Crippen molar-refractivity contribution in [2.75, 3.05) is 37.6 Å². The number of carbonyl (C=O) groups is 2. The van der Waals surface area contributed by atoms with Crippen molar-refractivity contribution in [3.63, 3.8) is 0 Å². The molecule has 3 heterocycles. The van der Waals surface area contributed by atoms with E-state index in [9.17, 15) is 22.8 Å². The van der Waals surface area contributed by atoms with Crippen molar-refractivity contribution < 1.29 is 22.8 Å². The van der Waals surface area contributed by atoms with Gasteiger partial charge in [-0.15, -0.1) is 0 Å². The number of likely N-dealkylation sites (tertiary alicyclic amines) is 1. The molecule has 2 amide bonds. The number of carbonyl (C=O) groups excluding carboxylic acids is 2. The summed E-state index contributed by atoms with van der Waals surface area (Å²) in [5.74, 6) is 0.332. The van der Waals surface area contributed by atoms with Gasteiger partial charge in [-0.1, -0.05) is 23.7 Å². The molecule has 1 aromatic carbocycles. The number of pyridine rings is 1. The van der Waals surface area contributed by atoms with Gasteiger partial charge in [0.15, 0.2) is 0 Å². The van der Waals surface area contributed by atoms with E-state index in [1.165, 1.54) is 0 Å². The van der Waals surface area contributed by atoms with Gasteiger partial charge in [0.25, 0.3) is 5.91 Å². The number of hydrogen-bond acceptors (Lipinski definition) is 4. The zero-order valence-corrected chi connectivity index (χ0v) is 18.0. The monoisotopic (exact) mass is 466 g/mol. The molecule has 1 aromatic heterocycles. The number of aromatic nitrogens is 1. The van der Waals surface area contributed by atoms with Crippen molar-refractivity contribution in [2.24, 2.45) is 0 Å². The molecule has 0 aliphatic carbocycles. The molecule has 0 N–H and O–H groups in total. The van der Waals surface area contributed by atoms with Crippen LogP contribution in [0.1, 0.15) is 34.3 Å². The minimum Gasteiger partial charge on any atom is -0.352 e. The number of nitrogens with zero attached hydrogens (tertiary/aromatic N) is 4. The van der Waals surface area contributed by atoms with E-state index in [1.54, 1.807) is 21.9 Å². The van der Waals surface area contributed by atoms with Crippen molar-refractivity contribution >= 4 is 29.2 Å². The second-order valence-electron chi connectivity index (χ2n) is 7.92. The van der Waals surface area contributed by atoms with Gasteiger partial charge in [0.1, 0.15) is 5.82 Å². The molecule has 0 bridgehead atoms. The summed E-state index contributed by atoms with van der Waals surface area (Å²) in [4.78, 5) is 33.8. The van der Waals surface area contributed by atoms with Gasteiger partial charge < -0.3 is 14.7 Å². The number of hydrogen-bond donors (Lipinski definition) is 0. The van der Waals surface area contributed by atoms with Crippen LogP contribution in [0.25, 0.3) is 0 Å². The zero-order valence-electron chi connectivity index (χ0n) is 17.2. The van der Waals surface area contributed by atoms with Crippen molar-refractivity contribution in [1.82, 2.24) is 14.8 Å². The number of piperazine rings is 1. The maximum atomic E-state index is 12.8. The highest BCUT2D eigenvalue weighted by atomic mass is 35.5. The first-order chi connectivity index (χ1) is 15.2. The number of amides is 2. The molecule has 2 saturated heterocycles. The van der Waals surface area contributed by atoms with Crippen LogP contribution in [-0.4, -0.2) is 59.3 Å². The van der Waals surface area contributed by atoms with Crippen LogP contribution in [-0.2, 0) is 17.5 Å². The third-order valence-corrected chi connectivity index (χ3v) is 6.04. The predicted octanol–water partition coefficient (Wildman–Crippen LogP) is 3.84. The van der Waals surface area contributed by atoms with Crippen molar-refractivity contribution in [3.8, 4) is 0 Å². The van der Waals surface area contributed by atoms with E-state index in [-0.39, 0.29) is 22.7 Å². The van der Waals surface area contributed by atoms with Crippen molar-refractivity contribution in [3.05, 3.63) is 58.2 Å². The molecule has 170 valence electrons. The first-order valence-electron chi connectivity index (χ1n) is 10.4. The van der Waals surface area contributed by atoms with Crippen LogP contribution in [0.4, 0.5) is 19.0 Å². The molecular formula is C22H22ClF3N4O2. The normalized spacial score (nSPS) is 17.2. The summed E-state index contributed by atoms with van der Waals surface area (Å²) in [5.41, 5.74) is 0.642. The van der Waals surface area contributed by atoms with Gasteiger partial charge >= 0.3 is 6.18 Å². The first kappa shape index (κ1) is 22.4. The molecule has 4 rings (SSSR count). The maximum Gasteiger partial charge on any atom is 0.417 e. The van der Waals surface area contributed by atoms with Gasteiger partial charge in [-0.25, -0.2) is 4.98 Å².